The van der Waals surface area contributed by atoms with Crippen LogP contribution in [0.2, 0.25) is 0 Å². The van der Waals surface area contributed by atoms with Crippen molar-refractivity contribution in [3.8, 4) is 0 Å². The van der Waals surface area contributed by atoms with Crippen molar-refractivity contribution < 1.29 is 14.1 Å². The van der Waals surface area contributed by atoms with Crippen LogP contribution in [0.4, 0.5) is 10.1 Å². The third kappa shape index (κ3) is 2.33. The minimum Gasteiger partial charge on any atom is -0.346 e. The molecule has 0 bridgehead atoms. The van der Waals surface area contributed by atoms with Gasteiger partial charge in [0.2, 0.25) is 0 Å². The summed E-state index contributed by atoms with van der Waals surface area (Å²) in [5, 5.41) is 11.5. The van der Waals surface area contributed by atoms with E-state index in [0.29, 0.717) is 6.54 Å². The number of amidine groups is 1. The Kier molecular flexibility index (Phi) is 3.65. The van der Waals surface area contributed by atoms with E-state index in [1.54, 1.807) is 12.1 Å². The first-order valence-corrected chi connectivity index (χ1v) is 8.55. The molecule has 2 aromatic rings. The zero-order valence-electron chi connectivity index (χ0n) is 13.9. The third-order valence-corrected chi connectivity index (χ3v) is 5.19. The van der Waals surface area contributed by atoms with Crippen LogP contribution in [0.15, 0.2) is 48.5 Å². The Morgan fingerprint density at radius 2 is 1.83 bits per heavy atom. The molecule has 124 valence electrons. The average molecular weight is 325 g/mol. The summed E-state index contributed by atoms with van der Waals surface area (Å²) < 4.78 is 15.4. The van der Waals surface area contributed by atoms with E-state index < -0.39 is 5.72 Å². The van der Waals surface area contributed by atoms with Crippen LogP contribution in [-0.2, 0) is 5.72 Å². The number of nitrogens with zero attached hydrogens (tertiary/aromatic N) is 2. The molecule has 4 rings (SSSR count). The van der Waals surface area contributed by atoms with E-state index in [9.17, 15) is 9.50 Å². The van der Waals surface area contributed by atoms with Crippen molar-refractivity contribution in [2.75, 3.05) is 18.0 Å². The van der Waals surface area contributed by atoms with E-state index in [2.05, 4.69) is 28.5 Å². The molecular weight excluding hydrogens is 303 g/mol. The molecule has 0 spiro atoms. The number of aryl methyl sites for hydroxylation is 1. The Morgan fingerprint density at radius 1 is 1.08 bits per heavy atom. The van der Waals surface area contributed by atoms with Gasteiger partial charge in [0.05, 0.1) is 6.54 Å². The fraction of sp³-hybridized carbons (Fsp3) is 0.350. The first-order valence-electron chi connectivity index (χ1n) is 8.55. The zero-order chi connectivity index (χ0) is 16.7. The van der Waals surface area contributed by atoms with E-state index in [1.807, 2.05) is 12.1 Å². The Hall–Kier alpha value is -2.20. The highest BCUT2D eigenvalue weighted by Crippen LogP contribution is 2.36. The molecule has 2 aromatic carbocycles. The molecule has 0 amide bonds. The normalized spacial score (nSPS) is 23.5. The third-order valence-electron chi connectivity index (χ3n) is 5.19. The van der Waals surface area contributed by atoms with Crippen molar-refractivity contribution in [3.63, 3.8) is 0 Å². The minimum atomic E-state index is -1.11. The highest BCUT2D eigenvalue weighted by molar-refractivity contribution is 5.96. The molecule has 0 saturated carbocycles. The van der Waals surface area contributed by atoms with Crippen LogP contribution in [-0.4, -0.2) is 28.6 Å². The van der Waals surface area contributed by atoms with Gasteiger partial charge in [-0.15, -0.1) is 0 Å². The molecule has 24 heavy (non-hydrogen) atoms. The monoisotopic (exact) mass is 325 g/mol. The highest BCUT2D eigenvalue weighted by Gasteiger charge is 2.52. The maximum atomic E-state index is 13.3. The van der Waals surface area contributed by atoms with Gasteiger partial charge < -0.3 is 5.11 Å². The molecule has 0 aromatic heterocycles. The summed E-state index contributed by atoms with van der Waals surface area (Å²) in [5.41, 5.74) is 1.97. The number of anilines is 1. The second kappa shape index (κ2) is 5.71. The van der Waals surface area contributed by atoms with Crippen molar-refractivity contribution in [1.82, 2.24) is 0 Å². The topological polar surface area (TPSA) is 26.5 Å². The summed E-state index contributed by atoms with van der Waals surface area (Å²) in [5.74, 6) is 0.890. The van der Waals surface area contributed by atoms with Crippen molar-refractivity contribution in [2.24, 2.45) is 0 Å². The zero-order valence-corrected chi connectivity index (χ0v) is 13.9. The number of para-hydroxylation sites is 1. The second-order valence-corrected chi connectivity index (χ2v) is 6.72. The summed E-state index contributed by atoms with van der Waals surface area (Å²) in [6, 6.07) is 14.5. The SMILES string of the molecule is Cc1ccccc1N1C[C@](O)(c2ccc(F)cc2)[N+]2=C1CCCC2. The fourth-order valence-corrected chi connectivity index (χ4v) is 3.95. The largest absolute Gasteiger partial charge is 0.346 e. The van der Waals surface area contributed by atoms with Crippen molar-refractivity contribution in [3.05, 3.63) is 65.5 Å². The van der Waals surface area contributed by atoms with Gasteiger partial charge in [-0.2, -0.15) is 0 Å². The number of halogens is 1. The van der Waals surface area contributed by atoms with Crippen molar-refractivity contribution in [2.45, 2.75) is 31.9 Å². The Morgan fingerprint density at radius 3 is 2.58 bits per heavy atom. The molecule has 1 N–H and O–H groups in total. The molecule has 1 atom stereocenters. The maximum Gasteiger partial charge on any atom is 0.271 e. The average Bonchev–Trinajstić information content (AvgIpc) is 2.90. The van der Waals surface area contributed by atoms with E-state index in [4.69, 9.17) is 0 Å². The molecular formula is C20H22FN2O+. The van der Waals surface area contributed by atoms with Crippen LogP contribution in [0, 0.1) is 12.7 Å². The smallest absolute Gasteiger partial charge is 0.271 e. The lowest BCUT2D eigenvalue weighted by atomic mass is 10.0. The summed E-state index contributed by atoms with van der Waals surface area (Å²) in [7, 11) is 0. The van der Waals surface area contributed by atoms with Gasteiger partial charge in [0.1, 0.15) is 11.5 Å². The molecule has 2 aliphatic heterocycles. The summed E-state index contributed by atoms with van der Waals surface area (Å²) in [6.45, 7) is 3.39. The number of hydrogen-bond acceptors (Lipinski definition) is 2. The van der Waals surface area contributed by atoms with Crippen LogP contribution in [0.3, 0.4) is 0 Å². The molecule has 2 heterocycles. The van der Waals surface area contributed by atoms with Gasteiger partial charge >= 0.3 is 0 Å². The van der Waals surface area contributed by atoms with Crippen molar-refractivity contribution in [1.29, 1.82) is 0 Å². The van der Waals surface area contributed by atoms with E-state index in [0.717, 1.165) is 37.1 Å². The number of rotatable bonds is 2. The Balaban J connectivity index is 1.82. The number of β-amino-alcohol motifs (C(OH)–C–C–N with tert-alkyl or cyclic N) is 1. The van der Waals surface area contributed by atoms with Crippen LogP contribution < -0.4 is 4.90 Å². The lowest BCUT2D eigenvalue weighted by Crippen LogP contribution is -2.41. The van der Waals surface area contributed by atoms with E-state index >= 15 is 0 Å². The first kappa shape index (κ1) is 15.3. The summed E-state index contributed by atoms with van der Waals surface area (Å²) in [4.78, 5) is 2.23. The predicted octanol–water partition coefficient (Wildman–Crippen LogP) is 3.39. The predicted molar refractivity (Wildman–Crippen MR) is 92.8 cm³/mol. The first-order chi connectivity index (χ1) is 11.6. The van der Waals surface area contributed by atoms with E-state index in [-0.39, 0.29) is 5.82 Å². The lowest BCUT2D eigenvalue weighted by molar-refractivity contribution is -0.661. The Bertz CT molecular complexity index is 800. The fourth-order valence-electron chi connectivity index (χ4n) is 3.95. The second-order valence-electron chi connectivity index (χ2n) is 6.72. The number of benzene rings is 2. The molecule has 0 aliphatic carbocycles. The molecule has 4 heteroatoms. The molecule has 0 radical (unpaired) electrons. The highest BCUT2D eigenvalue weighted by atomic mass is 19.1. The molecule has 0 unspecified atom stereocenters. The van der Waals surface area contributed by atoms with Crippen LogP contribution in [0.25, 0.3) is 0 Å². The molecule has 0 saturated heterocycles. The summed E-state index contributed by atoms with van der Waals surface area (Å²) in [6.07, 6.45) is 3.15. The molecule has 3 nitrogen and oxygen atoms in total. The van der Waals surface area contributed by atoms with Gasteiger partial charge in [-0.05, 0) is 55.7 Å². The Labute approximate surface area is 141 Å². The number of aliphatic hydroxyl groups is 1. The minimum absolute atomic E-state index is 0.279. The van der Waals surface area contributed by atoms with E-state index in [1.165, 1.54) is 23.5 Å². The summed E-state index contributed by atoms with van der Waals surface area (Å²) >= 11 is 0. The standard InChI is InChI=1S/C20H22FN2O/c1-15-6-2-3-7-18(15)22-14-20(24,16-9-11-17(21)12-10-16)23-13-5-4-8-19(22)23/h2-3,6-7,9-12,24H,4-5,8,13-14H2,1H3/q+1/t20-/m0/s1. The quantitative estimate of drug-likeness (QED) is 0.857. The van der Waals surface area contributed by atoms with Crippen LogP contribution >= 0.6 is 0 Å². The molecule has 2 aliphatic rings. The van der Waals surface area contributed by atoms with Gasteiger partial charge in [-0.25, -0.2) is 13.9 Å². The van der Waals surface area contributed by atoms with Gasteiger partial charge in [-0.1, -0.05) is 18.2 Å². The van der Waals surface area contributed by atoms with Crippen LogP contribution in [0.1, 0.15) is 30.4 Å². The number of hydrogen-bond donors (Lipinski definition) is 1. The van der Waals surface area contributed by atoms with Gasteiger partial charge in [0.25, 0.3) is 11.6 Å². The van der Waals surface area contributed by atoms with Crippen molar-refractivity contribution >= 4 is 11.5 Å². The van der Waals surface area contributed by atoms with Crippen LogP contribution in [0.5, 0.6) is 0 Å². The lowest BCUT2D eigenvalue weighted by Gasteiger charge is -2.24. The van der Waals surface area contributed by atoms with Gasteiger partial charge in [0, 0.05) is 12.0 Å². The maximum absolute atomic E-state index is 13.3. The van der Waals surface area contributed by atoms with Gasteiger partial charge in [0.15, 0.2) is 6.54 Å². The molecule has 0 fully saturated rings. The van der Waals surface area contributed by atoms with Gasteiger partial charge in [-0.3, -0.25) is 0 Å².